The molecule has 10 aliphatic rings. The summed E-state index contributed by atoms with van der Waals surface area (Å²) in [7, 11) is 0. The maximum Gasteiger partial charge on any atom is 0.309 e. The van der Waals surface area contributed by atoms with E-state index in [0.29, 0.717) is 17.9 Å². The van der Waals surface area contributed by atoms with Gasteiger partial charge in [-0.15, -0.1) is 0 Å². The smallest absolute Gasteiger partial charge is 0.309 e. The van der Waals surface area contributed by atoms with Crippen LogP contribution in [-0.2, 0) is 23.9 Å². The molecule has 9 heteroatoms. The lowest BCUT2D eigenvalue weighted by Gasteiger charge is -2.70. The predicted octanol–water partition coefficient (Wildman–Crippen LogP) is 11.3. The summed E-state index contributed by atoms with van der Waals surface area (Å²) in [6.45, 7) is 25.9. The van der Waals surface area contributed by atoms with E-state index in [-0.39, 0.29) is 91.5 Å². The van der Waals surface area contributed by atoms with Gasteiger partial charge in [0.15, 0.2) is 17.3 Å². The van der Waals surface area contributed by atoms with Gasteiger partial charge in [-0.2, -0.15) is 0 Å². The summed E-state index contributed by atoms with van der Waals surface area (Å²) in [6.07, 6.45) is 19.7. The summed E-state index contributed by atoms with van der Waals surface area (Å²) in [5.74, 6) is -0.252. The van der Waals surface area contributed by atoms with Gasteiger partial charge in [0, 0.05) is 16.7 Å². The summed E-state index contributed by atoms with van der Waals surface area (Å²) in [4.78, 5) is 53.2. The van der Waals surface area contributed by atoms with Gasteiger partial charge in [0.25, 0.3) is 0 Å². The molecule has 65 heavy (non-hydrogen) atoms. The van der Waals surface area contributed by atoms with Crippen LogP contribution in [0, 0.1) is 77.8 Å². The summed E-state index contributed by atoms with van der Waals surface area (Å²) in [5, 5.41) is 32.3. The zero-order chi connectivity index (χ0) is 47.3. The van der Waals surface area contributed by atoms with Crippen LogP contribution in [0.5, 0.6) is 0 Å². The number of hydrogen-bond donors (Lipinski definition) is 3. The molecule has 0 aromatic carbocycles. The van der Waals surface area contributed by atoms with Crippen molar-refractivity contribution in [2.75, 3.05) is 0 Å². The van der Waals surface area contributed by atoms with Crippen LogP contribution in [0.2, 0.25) is 0 Å². The Morgan fingerprint density at radius 3 is 2.11 bits per heavy atom. The molecule has 1 aromatic heterocycles. The Bertz CT molecular complexity index is 2390. The van der Waals surface area contributed by atoms with E-state index in [2.05, 4.69) is 55.4 Å². The number of aliphatic carboxylic acids is 1. The van der Waals surface area contributed by atoms with Crippen molar-refractivity contribution >= 4 is 23.3 Å². The molecule has 2 heterocycles. The van der Waals surface area contributed by atoms with Crippen LogP contribution < -0.4 is 0 Å². The quantitative estimate of drug-likeness (QED) is 0.246. The molecule has 9 aliphatic carbocycles. The summed E-state index contributed by atoms with van der Waals surface area (Å²) in [6, 6.07) is 2.03. The fraction of sp³-hybridized carbons (Fsp3) is 0.750. The van der Waals surface area contributed by atoms with Gasteiger partial charge in [0.05, 0.1) is 41.0 Å². The average Bonchev–Trinajstić information content (AvgIpc) is 3.58. The summed E-state index contributed by atoms with van der Waals surface area (Å²) >= 11 is 0. The predicted molar refractivity (Wildman–Crippen MR) is 246 cm³/mol. The molecule has 1 saturated heterocycles. The third-order valence-electron chi connectivity index (χ3n) is 23.2. The van der Waals surface area contributed by atoms with Crippen LogP contribution in [0.4, 0.5) is 0 Å². The molecule has 354 valence electrons. The Morgan fingerprint density at radius 2 is 1.45 bits per heavy atom. The second-order valence-electron chi connectivity index (χ2n) is 26.5. The molecule has 16 atom stereocenters. The van der Waals surface area contributed by atoms with Crippen molar-refractivity contribution in [1.29, 1.82) is 0 Å². The summed E-state index contributed by atoms with van der Waals surface area (Å²) < 4.78 is 11.9. The molecular formula is C56H76O9. The lowest BCUT2D eigenvalue weighted by Crippen LogP contribution is -2.66. The Kier molecular flexibility index (Phi) is 9.28. The van der Waals surface area contributed by atoms with E-state index in [1.807, 2.05) is 52.2 Å². The molecule has 11 rings (SSSR count). The van der Waals surface area contributed by atoms with E-state index in [4.69, 9.17) is 9.15 Å². The molecule has 3 N–H and O–H groups in total. The van der Waals surface area contributed by atoms with Gasteiger partial charge in [0.1, 0.15) is 5.60 Å². The van der Waals surface area contributed by atoms with Gasteiger partial charge in [0.2, 0.25) is 5.78 Å². The first-order valence-electron chi connectivity index (χ1n) is 25.1. The van der Waals surface area contributed by atoms with E-state index in [0.717, 1.165) is 70.6 Å². The minimum atomic E-state index is -0.901. The molecule has 0 amide bonds. The Morgan fingerprint density at radius 1 is 0.785 bits per heavy atom. The van der Waals surface area contributed by atoms with Crippen LogP contribution in [-0.4, -0.2) is 56.4 Å². The largest absolute Gasteiger partial charge is 0.504 e. The molecule has 1 aromatic rings. The second kappa shape index (κ2) is 13.3. The molecule has 16 unspecified atom stereocenters. The number of carboxylic acid groups (broad SMARTS) is 1. The van der Waals surface area contributed by atoms with Crippen LogP contribution in [0.1, 0.15) is 172 Å². The Hall–Kier alpha value is -3.30. The Balaban J connectivity index is 0.000000154. The van der Waals surface area contributed by atoms with E-state index in [1.54, 1.807) is 12.3 Å². The molecule has 1 spiro atoms. The Labute approximate surface area is 386 Å². The number of carbonyl (C=O) groups is 4. The van der Waals surface area contributed by atoms with Crippen molar-refractivity contribution in [3.05, 3.63) is 59.3 Å². The van der Waals surface area contributed by atoms with E-state index >= 15 is 0 Å². The van der Waals surface area contributed by atoms with E-state index in [9.17, 15) is 34.5 Å². The molecule has 6 saturated carbocycles. The number of epoxide rings is 1. The van der Waals surface area contributed by atoms with Crippen LogP contribution >= 0.6 is 0 Å². The fourth-order valence-electron chi connectivity index (χ4n) is 19.1. The fourth-order valence-corrected chi connectivity index (χ4v) is 19.1. The van der Waals surface area contributed by atoms with Crippen molar-refractivity contribution in [3.8, 4) is 0 Å². The number of fused-ring (bicyclic) bond motifs is 10. The van der Waals surface area contributed by atoms with Crippen LogP contribution in [0.3, 0.4) is 0 Å². The first-order chi connectivity index (χ1) is 30.0. The highest BCUT2D eigenvalue weighted by Crippen LogP contribution is 2.82. The number of carbonyl (C=O) groups excluding carboxylic acids is 3. The van der Waals surface area contributed by atoms with E-state index in [1.165, 1.54) is 11.1 Å². The van der Waals surface area contributed by atoms with Crippen molar-refractivity contribution in [3.63, 3.8) is 0 Å². The van der Waals surface area contributed by atoms with Gasteiger partial charge in [-0.1, -0.05) is 67.0 Å². The topological polar surface area (TPSA) is 155 Å². The number of hydrogen-bond acceptors (Lipinski definition) is 8. The number of allylic oxidation sites excluding steroid dienone is 6. The van der Waals surface area contributed by atoms with Crippen molar-refractivity contribution in [2.45, 2.75) is 184 Å². The van der Waals surface area contributed by atoms with Crippen molar-refractivity contribution in [1.82, 2.24) is 0 Å². The molecule has 1 aliphatic heterocycles. The third-order valence-corrected chi connectivity index (χ3v) is 23.2. The zero-order valence-electron chi connectivity index (χ0n) is 41.3. The normalized spacial score (nSPS) is 51.9. The maximum absolute atomic E-state index is 14.2. The van der Waals surface area contributed by atoms with Crippen molar-refractivity contribution in [2.24, 2.45) is 77.8 Å². The van der Waals surface area contributed by atoms with Crippen LogP contribution in [0.15, 0.2) is 58.1 Å². The highest BCUT2D eigenvalue weighted by atomic mass is 16.6. The summed E-state index contributed by atoms with van der Waals surface area (Å²) in [5.41, 5.74) is -1.26. The van der Waals surface area contributed by atoms with E-state index < -0.39 is 33.2 Å². The number of rotatable bonds is 2. The molecule has 0 bridgehead atoms. The minimum Gasteiger partial charge on any atom is -0.504 e. The zero-order valence-corrected chi connectivity index (χ0v) is 41.3. The maximum atomic E-state index is 14.2. The highest BCUT2D eigenvalue weighted by molar-refractivity contribution is 6.06. The number of ketones is 3. The third kappa shape index (κ3) is 5.19. The first kappa shape index (κ1) is 45.5. The number of ether oxygens (including phenoxy) is 1. The van der Waals surface area contributed by atoms with Gasteiger partial charge in [-0.05, 0) is 185 Å². The molecule has 7 fully saturated rings. The van der Waals surface area contributed by atoms with Gasteiger partial charge in [-0.3, -0.25) is 19.2 Å². The number of aliphatic hydroxyl groups is 2. The van der Waals surface area contributed by atoms with Gasteiger partial charge < -0.3 is 24.5 Å². The lowest BCUT2D eigenvalue weighted by atomic mass is 9.33. The molecular weight excluding hydrogens is 817 g/mol. The van der Waals surface area contributed by atoms with Gasteiger partial charge >= 0.3 is 5.97 Å². The standard InChI is InChI=1S/C30H46O4.C26H30O5/c1-25(2)21-8-11-30(7)23(28(21,5)10-9-22(25)32)20(31)16-18-19-17-27(4,24(33)34)13-12-26(19,3)14-15-29(18,30)6;1-22(2)17(27)7-9-23(3)16-6-10-24(4)15(14-8-11-30-13-14)12-18-26(24,31-18)25(16,5)21(29)19(28)20(22)23/h16,19,21-23,32H,8-15,17H2,1-7H3,(H,33,34);7-9,11,13,15-16,18,28H,6,10,12H2,1-5H3. The lowest BCUT2D eigenvalue weighted by molar-refractivity contribution is -0.202. The molecule has 0 radical (unpaired) electrons. The first-order valence-corrected chi connectivity index (χ1v) is 25.1. The average molecular weight is 893 g/mol. The molecule has 9 nitrogen and oxygen atoms in total. The monoisotopic (exact) mass is 893 g/mol. The number of furan rings is 1. The second-order valence-corrected chi connectivity index (χ2v) is 26.5. The highest BCUT2D eigenvalue weighted by Gasteiger charge is 2.87. The number of Topliss-reactive ketones (excluding diaryl/α,β-unsaturated/α-hetero) is 1. The van der Waals surface area contributed by atoms with Gasteiger partial charge in [-0.25, -0.2) is 0 Å². The van der Waals surface area contributed by atoms with Crippen molar-refractivity contribution < 1.29 is 43.7 Å². The SMILES string of the molecule is CC1(C(=O)O)CCC2(C)CCC3(C)C(=CC(=O)C4C5(C)CCC(O)C(C)(C)C5CCC43C)C2C1.CC1(C)C(=O)C=CC2(C)C1=C(O)C(=O)C1(C)C2CCC2(C)C(c3ccoc3)CC3OC321. The number of carboxylic acids is 1. The minimum absolute atomic E-state index is 0.00527. The van der Waals surface area contributed by atoms with Crippen LogP contribution in [0.25, 0.3) is 0 Å². The number of aliphatic hydroxyl groups excluding tert-OH is 2.